The van der Waals surface area contributed by atoms with Crippen LogP contribution >= 0.6 is 0 Å². The van der Waals surface area contributed by atoms with E-state index in [2.05, 4.69) is 42.7 Å². The number of hydrogen-bond acceptors (Lipinski definition) is 4. The minimum atomic E-state index is 0.140. The van der Waals surface area contributed by atoms with Gasteiger partial charge in [-0.25, -0.2) is 4.98 Å². The fraction of sp³-hybridized carbons (Fsp3) is 0.706. The summed E-state index contributed by atoms with van der Waals surface area (Å²) in [6.45, 7) is 12.0. The Morgan fingerprint density at radius 1 is 1.33 bits per heavy atom. The molecule has 1 aliphatic heterocycles. The highest BCUT2D eigenvalue weighted by Crippen LogP contribution is 2.26. The summed E-state index contributed by atoms with van der Waals surface area (Å²) in [6, 6.07) is 4.40. The number of rotatable bonds is 2. The first-order valence-corrected chi connectivity index (χ1v) is 7.83. The van der Waals surface area contributed by atoms with E-state index in [1.54, 1.807) is 0 Å². The SMILES string of the molecule is Cc1ccc2c(n1)N(C)[C@H](CO)CCN(CC(C)(C)C)C2. The van der Waals surface area contributed by atoms with E-state index in [1.807, 2.05) is 14.0 Å². The normalized spacial score (nSPS) is 20.9. The highest BCUT2D eigenvalue weighted by atomic mass is 16.3. The number of aliphatic hydroxyl groups is 1. The Balaban J connectivity index is 2.32. The smallest absolute Gasteiger partial charge is 0.133 e. The molecule has 4 nitrogen and oxygen atoms in total. The second-order valence-corrected chi connectivity index (χ2v) is 7.44. The van der Waals surface area contributed by atoms with Crippen molar-refractivity contribution < 1.29 is 5.11 Å². The Kier molecular flexibility index (Phi) is 4.89. The summed E-state index contributed by atoms with van der Waals surface area (Å²) >= 11 is 0. The molecule has 1 aliphatic rings. The average Bonchev–Trinajstić information content (AvgIpc) is 2.37. The highest BCUT2D eigenvalue weighted by molar-refractivity contribution is 5.48. The van der Waals surface area contributed by atoms with Crippen LogP contribution in [0.5, 0.6) is 0 Å². The second-order valence-electron chi connectivity index (χ2n) is 7.44. The summed E-state index contributed by atoms with van der Waals surface area (Å²) in [4.78, 5) is 9.35. The van der Waals surface area contributed by atoms with E-state index < -0.39 is 0 Å². The number of hydrogen-bond donors (Lipinski definition) is 1. The molecule has 0 amide bonds. The Morgan fingerprint density at radius 2 is 2.05 bits per heavy atom. The molecule has 2 heterocycles. The molecule has 4 heteroatoms. The topological polar surface area (TPSA) is 39.6 Å². The van der Waals surface area contributed by atoms with Crippen molar-refractivity contribution in [1.82, 2.24) is 9.88 Å². The number of aryl methyl sites for hydroxylation is 1. The number of pyridine rings is 1. The van der Waals surface area contributed by atoms with Crippen molar-refractivity contribution in [3.05, 3.63) is 23.4 Å². The lowest BCUT2D eigenvalue weighted by Gasteiger charge is -2.37. The predicted molar refractivity (Wildman–Crippen MR) is 87.6 cm³/mol. The number of aliphatic hydroxyl groups excluding tert-OH is 1. The molecule has 0 aliphatic carbocycles. The molecular formula is C17H29N3O. The van der Waals surface area contributed by atoms with Crippen LogP contribution in [0.3, 0.4) is 0 Å². The van der Waals surface area contributed by atoms with Gasteiger partial charge in [0.25, 0.3) is 0 Å². The minimum absolute atomic E-state index is 0.140. The first-order valence-electron chi connectivity index (χ1n) is 7.83. The molecule has 0 spiro atoms. The zero-order chi connectivity index (χ0) is 15.6. The molecule has 0 saturated heterocycles. The lowest BCUT2D eigenvalue weighted by atomic mass is 9.95. The zero-order valence-electron chi connectivity index (χ0n) is 14.1. The standard InChI is InChI=1S/C17H29N3O/c1-13-6-7-14-10-20(12-17(2,3)4)9-8-15(11-21)19(5)16(14)18-13/h6-7,15,21H,8-12H2,1-5H3/t15-/m0/s1. The van der Waals surface area contributed by atoms with Gasteiger partial charge in [-0.15, -0.1) is 0 Å². The number of anilines is 1. The summed E-state index contributed by atoms with van der Waals surface area (Å²) in [5.41, 5.74) is 2.56. The summed E-state index contributed by atoms with van der Waals surface area (Å²) in [7, 11) is 2.05. The molecule has 0 bridgehead atoms. The number of aromatic nitrogens is 1. The largest absolute Gasteiger partial charge is 0.394 e. The van der Waals surface area contributed by atoms with Crippen molar-refractivity contribution in [3.8, 4) is 0 Å². The molecule has 0 aromatic carbocycles. The molecule has 1 N–H and O–H groups in total. The fourth-order valence-corrected chi connectivity index (χ4v) is 3.04. The molecule has 2 rings (SSSR count). The van der Waals surface area contributed by atoms with E-state index in [0.29, 0.717) is 0 Å². The van der Waals surface area contributed by atoms with E-state index >= 15 is 0 Å². The van der Waals surface area contributed by atoms with Gasteiger partial charge in [0.15, 0.2) is 0 Å². The highest BCUT2D eigenvalue weighted by Gasteiger charge is 2.25. The van der Waals surface area contributed by atoms with Gasteiger partial charge in [-0.2, -0.15) is 0 Å². The molecule has 118 valence electrons. The van der Waals surface area contributed by atoms with Gasteiger partial charge in [0.05, 0.1) is 12.6 Å². The maximum Gasteiger partial charge on any atom is 0.133 e. The van der Waals surface area contributed by atoms with Crippen molar-refractivity contribution >= 4 is 5.82 Å². The van der Waals surface area contributed by atoms with Crippen LogP contribution in [0, 0.1) is 12.3 Å². The average molecular weight is 291 g/mol. The third-order valence-corrected chi connectivity index (χ3v) is 4.06. The molecular weight excluding hydrogens is 262 g/mol. The van der Waals surface area contributed by atoms with Gasteiger partial charge in [0.1, 0.15) is 5.82 Å². The lowest BCUT2D eigenvalue weighted by molar-refractivity contribution is 0.164. The molecule has 1 aromatic heterocycles. The van der Waals surface area contributed by atoms with Gasteiger partial charge >= 0.3 is 0 Å². The molecule has 0 saturated carbocycles. The van der Waals surface area contributed by atoms with Crippen molar-refractivity contribution in [2.24, 2.45) is 5.41 Å². The Morgan fingerprint density at radius 3 is 2.67 bits per heavy atom. The third kappa shape index (κ3) is 4.17. The molecule has 0 unspecified atom stereocenters. The quantitative estimate of drug-likeness (QED) is 0.908. The molecule has 1 aromatic rings. The van der Waals surface area contributed by atoms with E-state index in [1.165, 1.54) is 5.56 Å². The minimum Gasteiger partial charge on any atom is -0.394 e. The first kappa shape index (κ1) is 16.2. The van der Waals surface area contributed by atoms with Crippen LogP contribution in [0.4, 0.5) is 5.82 Å². The first-order chi connectivity index (χ1) is 9.80. The van der Waals surface area contributed by atoms with Gasteiger partial charge in [-0.3, -0.25) is 4.90 Å². The number of likely N-dealkylation sites (N-methyl/N-ethyl adjacent to an activating group) is 1. The fourth-order valence-electron chi connectivity index (χ4n) is 3.04. The predicted octanol–water partition coefficient (Wildman–Crippen LogP) is 2.44. The maximum absolute atomic E-state index is 9.70. The third-order valence-electron chi connectivity index (χ3n) is 4.06. The Bertz CT molecular complexity index is 481. The van der Waals surface area contributed by atoms with Crippen LogP contribution in [-0.2, 0) is 6.54 Å². The van der Waals surface area contributed by atoms with Crippen molar-refractivity contribution in [2.75, 3.05) is 31.6 Å². The van der Waals surface area contributed by atoms with Gasteiger partial charge in [-0.05, 0) is 24.8 Å². The Hall–Kier alpha value is -1.13. The molecule has 0 radical (unpaired) electrons. The molecule has 21 heavy (non-hydrogen) atoms. The second kappa shape index (κ2) is 6.32. The van der Waals surface area contributed by atoms with Gasteiger partial charge in [-0.1, -0.05) is 26.8 Å². The van der Waals surface area contributed by atoms with Gasteiger partial charge in [0.2, 0.25) is 0 Å². The van der Waals surface area contributed by atoms with Crippen LogP contribution in [0.1, 0.15) is 38.4 Å². The molecule has 0 fully saturated rings. The van der Waals surface area contributed by atoms with Crippen LogP contribution in [-0.4, -0.2) is 47.8 Å². The summed E-state index contributed by atoms with van der Waals surface area (Å²) in [5.74, 6) is 1.02. The van der Waals surface area contributed by atoms with Crippen molar-refractivity contribution in [1.29, 1.82) is 0 Å². The van der Waals surface area contributed by atoms with Gasteiger partial charge in [0, 0.05) is 37.9 Å². The number of nitrogens with zero attached hydrogens (tertiary/aromatic N) is 3. The van der Waals surface area contributed by atoms with E-state index in [9.17, 15) is 5.11 Å². The monoisotopic (exact) mass is 291 g/mol. The van der Waals surface area contributed by atoms with E-state index in [-0.39, 0.29) is 18.1 Å². The van der Waals surface area contributed by atoms with Crippen molar-refractivity contribution in [3.63, 3.8) is 0 Å². The van der Waals surface area contributed by atoms with E-state index in [0.717, 1.165) is 37.6 Å². The number of fused-ring (bicyclic) bond motifs is 1. The van der Waals surface area contributed by atoms with Crippen LogP contribution in [0.2, 0.25) is 0 Å². The summed E-state index contributed by atoms with van der Waals surface area (Å²) in [6.07, 6.45) is 0.970. The van der Waals surface area contributed by atoms with Gasteiger partial charge < -0.3 is 10.0 Å². The van der Waals surface area contributed by atoms with Crippen LogP contribution < -0.4 is 4.90 Å². The maximum atomic E-state index is 9.70. The zero-order valence-corrected chi connectivity index (χ0v) is 14.1. The summed E-state index contributed by atoms with van der Waals surface area (Å²) < 4.78 is 0. The Labute approximate surface area is 128 Å². The van der Waals surface area contributed by atoms with Crippen molar-refractivity contribution in [2.45, 2.75) is 46.7 Å². The summed E-state index contributed by atoms with van der Waals surface area (Å²) in [5, 5.41) is 9.70. The van der Waals surface area contributed by atoms with Crippen LogP contribution in [0.15, 0.2) is 12.1 Å². The van der Waals surface area contributed by atoms with Crippen LogP contribution in [0.25, 0.3) is 0 Å². The van der Waals surface area contributed by atoms with E-state index in [4.69, 9.17) is 4.98 Å². The lowest BCUT2D eigenvalue weighted by Crippen LogP contribution is -2.43. The molecule has 1 atom stereocenters.